The van der Waals surface area contributed by atoms with Gasteiger partial charge in [0, 0.05) is 38.0 Å². The number of carbonyl (C=O) groups excluding carboxylic acids is 2. The number of ketones is 1. The summed E-state index contributed by atoms with van der Waals surface area (Å²) in [6, 6.07) is 11.7. The Labute approximate surface area is 173 Å². The summed E-state index contributed by atoms with van der Waals surface area (Å²) in [7, 11) is 1.54. The highest BCUT2D eigenvalue weighted by Crippen LogP contribution is 2.39. The number of benzene rings is 2. The Morgan fingerprint density at radius 2 is 1.77 bits per heavy atom. The zero-order chi connectivity index (χ0) is 21.8. The number of aryl methyl sites for hydroxylation is 1. The molecule has 8 heteroatoms. The number of ether oxygens (including phenoxy) is 1. The van der Waals surface area contributed by atoms with Crippen molar-refractivity contribution < 1.29 is 24.4 Å². The minimum atomic E-state index is -0.844. The lowest BCUT2D eigenvalue weighted by Crippen LogP contribution is -2.31. The lowest BCUT2D eigenvalue weighted by atomic mass is 9.95. The first kappa shape index (κ1) is 21.2. The van der Waals surface area contributed by atoms with E-state index >= 15 is 0 Å². The molecule has 1 aliphatic rings. The molecule has 156 valence electrons. The van der Waals surface area contributed by atoms with Crippen LogP contribution >= 0.6 is 0 Å². The Balaban J connectivity index is 2.11. The smallest absolute Gasteiger partial charge is 0.295 e. The number of Topliss-reactive ketones (excluding diaryl/α,β-unsaturated/α-hetero) is 1. The molecule has 8 nitrogen and oxygen atoms in total. The van der Waals surface area contributed by atoms with Gasteiger partial charge in [0.25, 0.3) is 17.4 Å². The largest absolute Gasteiger partial charge is 0.507 e. The van der Waals surface area contributed by atoms with E-state index in [-0.39, 0.29) is 23.6 Å². The van der Waals surface area contributed by atoms with E-state index < -0.39 is 22.7 Å². The number of carbonyl (C=O) groups is 2. The van der Waals surface area contributed by atoms with Crippen LogP contribution in [0.15, 0.2) is 54.1 Å². The monoisotopic (exact) mass is 410 g/mol. The first-order valence-electron chi connectivity index (χ1n) is 9.44. The molecule has 0 saturated carbocycles. The number of hydrogen-bond donors (Lipinski definition) is 1. The Hall–Kier alpha value is -3.52. The molecule has 2 aromatic rings. The number of hydrogen-bond acceptors (Lipinski definition) is 6. The molecule has 0 radical (unpaired) electrons. The summed E-state index contributed by atoms with van der Waals surface area (Å²) in [6.45, 7) is 2.54. The maximum absolute atomic E-state index is 12.8. The fourth-order valence-electron chi connectivity index (χ4n) is 3.48. The highest BCUT2D eigenvalue weighted by atomic mass is 16.6. The van der Waals surface area contributed by atoms with Crippen molar-refractivity contribution in [2.75, 3.05) is 20.3 Å². The van der Waals surface area contributed by atoms with Crippen molar-refractivity contribution >= 4 is 23.1 Å². The van der Waals surface area contributed by atoms with Gasteiger partial charge in [-0.1, -0.05) is 29.8 Å². The van der Waals surface area contributed by atoms with E-state index in [9.17, 15) is 24.8 Å². The minimum Gasteiger partial charge on any atom is -0.507 e. The number of non-ortho nitro benzene ring substituents is 1. The van der Waals surface area contributed by atoms with E-state index in [4.69, 9.17) is 4.74 Å². The first-order chi connectivity index (χ1) is 14.3. The topological polar surface area (TPSA) is 110 Å². The van der Waals surface area contributed by atoms with Gasteiger partial charge in [0.15, 0.2) is 0 Å². The zero-order valence-corrected chi connectivity index (χ0v) is 16.7. The summed E-state index contributed by atoms with van der Waals surface area (Å²) >= 11 is 0. The molecule has 0 spiro atoms. The van der Waals surface area contributed by atoms with Crippen molar-refractivity contribution in [3.05, 3.63) is 80.9 Å². The van der Waals surface area contributed by atoms with Crippen LogP contribution in [0.25, 0.3) is 5.76 Å². The minimum absolute atomic E-state index is 0.0323. The number of rotatable bonds is 7. The number of nitrogens with zero attached hydrogens (tertiary/aromatic N) is 2. The SMILES string of the molecule is COCCCN1C(=O)C(=O)C(=C(O)c2ccc(C)cc2)[C@@H]1c1ccc([N+](=O)[O-])cc1. The average Bonchev–Trinajstić information content (AvgIpc) is 2.99. The standard InChI is InChI=1S/C22H22N2O6/c1-14-4-6-16(7-5-14)20(25)18-19(15-8-10-17(11-9-15)24(28)29)23(12-3-13-30-2)22(27)21(18)26/h4-11,19,25H,3,12-13H2,1-2H3/t19-/m0/s1. The van der Waals surface area contributed by atoms with E-state index in [1.807, 2.05) is 6.92 Å². The van der Waals surface area contributed by atoms with Crippen molar-refractivity contribution in [3.8, 4) is 0 Å². The highest BCUT2D eigenvalue weighted by molar-refractivity contribution is 6.46. The summed E-state index contributed by atoms with van der Waals surface area (Å²) in [5, 5.41) is 21.9. The van der Waals surface area contributed by atoms with E-state index in [2.05, 4.69) is 0 Å². The van der Waals surface area contributed by atoms with Crippen LogP contribution in [0, 0.1) is 17.0 Å². The fraction of sp³-hybridized carbons (Fsp3) is 0.273. The number of nitro benzene ring substituents is 1. The summed E-state index contributed by atoms with van der Waals surface area (Å²) in [5.74, 6) is -1.78. The molecule has 1 atom stereocenters. The van der Waals surface area contributed by atoms with Crippen molar-refractivity contribution in [2.24, 2.45) is 0 Å². The molecule has 0 aromatic heterocycles. The highest BCUT2D eigenvalue weighted by Gasteiger charge is 2.45. The molecule has 1 amide bonds. The van der Waals surface area contributed by atoms with Crippen LogP contribution in [0.3, 0.4) is 0 Å². The number of nitro groups is 1. The quantitative estimate of drug-likeness (QED) is 0.187. The van der Waals surface area contributed by atoms with Crippen LogP contribution in [0.4, 0.5) is 5.69 Å². The second-order valence-corrected chi connectivity index (χ2v) is 7.05. The molecular formula is C22H22N2O6. The van der Waals surface area contributed by atoms with Crippen LogP contribution < -0.4 is 0 Å². The van der Waals surface area contributed by atoms with Crippen LogP contribution in [-0.4, -0.2) is 46.9 Å². The molecule has 0 unspecified atom stereocenters. The molecule has 1 saturated heterocycles. The molecule has 1 aliphatic heterocycles. The third kappa shape index (κ3) is 4.08. The summed E-state index contributed by atoms with van der Waals surface area (Å²) in [6.07, 6.45) is 0.498. The maximum atomic E-state index is 12.8. The van der Waals surface area contributed by atoms with Gasteiger partial charge in [0.1, 0.15) is 5.76 Å². The van der Waals surface area contributed by atoms with E-state index in [0.29, 0.717) is 24.2 Å². The van der Waals surface area contributed by atoms with Gasteiger partial charge in [0.05, 0.1) is 16.5 Å². The van der Waals surface area contributed by atoms with Crippen molar-refractivity contribution in [3.63, 3.8) is 0 Å². The van der Waals surface area contributed by atoms with Crippen molar-refractivity contribution in [2.45, 2.75) is 19.4 Å². The number of methoxy groups -OCH3 is 1. The van der Waals surface area contributed by atoms with E-state index in [1.54, 1.807) is 31.4 Å². The van der Waals surface area contributed by atoms with Gasteiger partial charge >= 0.3 is 0 Å². The molecule has 1 N–H and O–H groups in total. The predicted molar refractivity (Wildman–Crippen MR) is 110 cm³/mol. The Kier molecular flexibility index (Phi) is 6.27. The number of amides is 1. The van der Waals surface area contributed by atoms with Gasteiger partial charge in [-0.3, -0.25) is 19.7 Å². The summed E-state index contributed by atoms with van der Waals surface area (Å²) < 4.78 is 5.04. The lowest BCUT2D eigenvalue weighted by molar-refractivity contribution is -0.384. The summed E-state index contributed by atoms with van der Waals surface area (Å²) in [5.41, 5.74) is 1.77. The van der Waals surface area contributed by atoms with Crippen molar-refractivity contribution in [1.82, 2.24) is 4.90 Å². The van der Waals surface area contributed by atoms with Crippen LogP contribution in [0.1, 0.15) is 29.2 Å². The van der Waals surface area contributed by atoms with Gasteiger partial charge in [-0.25, -0.2) is 0 Å². The first-order valence-corrected chi connectivity index (χ1v) is 9.44. The van der Waals surface area contributed by atoms with E-state index in [0.717, 1.165) is 5.56 Å². The van der Waals surface area contributed by atoms with Crippen LogP contribution in [-0.2, 0) is 14.3 Å². The molecule has 0 bridgehead atoms. The van der Waals surface area contributed by atoms with E-state index in [1.165, 1.54) is 29.2 Å². The molecule has 3 rings (SSSR count). The Bertz CT molecular complexity index is 995. The normalized spacial score (nSPS) is 18.1. The third-order valence-electron chi connectivity index (χ3n) is 5.03. The lowest BCUT2D eigenvalue weighted by Gasteiger charge is -2.25. The fourth-order valence-corrected chi connectivity index (χ4v) is 3.48. The molecule has 2 aromatic carbocycles. The Morgan fingerprint density at radius 3 is 2.33 bits per heavy atom. The van der Waals surface area contributed by atoms with Gasteiger partial charge in [-0.15, -0.1) is 0 Å². The zero-order valence-electron chi connectivity index (χ0n) is 16.7. The second-order valence-electron chi connectivity index (χ2n) is 7.05. The molecule has 30 heavy (non-hydrogen) atoms. The third-order valence-corrected chi connectivity index (χ3v) is 5.03. The molecular weight excluding hydrogens is 388 g/mol. The number of likely N-dealkylation sites (tertiary alicyclic amines) is 1. The second kappa shape index (κ2) is 8.87. The number of aliphatic hydroxyl groups is 1. The predicted octanol–water partition coefficient (Wildman–Crippen LogP) is 3.36. The molecule has 1 fully saturated rings. The molecule has 0 aliphatic carbocycles. The van der Waals surface area contributed by atoms with Gasteiger partial charge in [-0.2, -0.15) is 0 Å². The Morgan fingerprint density at radius 1 is 1.13 bits per heavy atom. The van der Waals surface area contributed by atoms with Crippen LogP contribution in [0.2, 0.25) is 0 Å². The average molecular weight is 410 g/mol. The van der Waals surface area contributed by atoms with Crippen molar-refractivity contribution in [1.29, 1.82) is 0 Å². The van der Waals surface area contributed by atoms with Gasteiger partial charge in [0.2, 0.25) is 0 Å². The van der Waals surface area contributed by atoms with Gasteiger partial charge < -0.3 is 14.7 Å². The maximum Gasteiger partial charge on any atom is 0.295 e. The van der Waals surface area contributed by atoms with Crippen LogP contribution in [0.5, 0.6) is 0 Å². The van der Waals surface area contributed by atoms with Gasteiger partial charge in [-0.05, 0) is 31.0 Å². The molecule has 1 heterocycles. The summed E-state index contributed by atoms with van der Waals surface area (Å²) in [4.78, 5) is 37.4. The number of aliphatic hydroxyl groups excluding tert-OH is 1.